The second-order valence-corrected chi connectivity index (χ2v) is 16.4. The molecule has 310 valence electrons. The van der Waals surface area contributed by atoms with Gasteiger partial charge in [-0.05, 0) is 90.4 Å². The maximum atomic E-state index is 10.9. The second-order valence-electron chi connectivity index (χ2n) is 16.4. The Morgan fingerprint density at radius 1 is 0.530 bits per heavy atom. The highest BCUT2D eigenvalue weighted by molar-refractivity contribution is 6.29. The van der Waals surface area contributed by atoms with Crippen LogP contribution in [0.2, 0.25) is 0 Å². The molecule has 7 nitrogen and oxygen atoms in total. The zero-order valence-electron chi connectivity index (χ0n) is 35.9. The summed E-state index contributed by atoms with van der Waals surface area (Å²) in [6.45, 7) is 5.79. The van der Waals surface area contributed by atoms with Gasteiger partial charge in [0, 0.05) is 55.2 Å². The maximum Gasteiger partial charge on any atom is 0.164 e. The molecule has 7 heteroatoms. The van der Waals surface area contributed by atoms with Crippen molar-refractivity contribution in [1.82, 2.24) is 24.1 Å². The molecular formula is C59H38N6O. The molecule has 0 aliphatic rings. The molecule has 0 saturated heterocycles. The van der Waals surface area contributed by atoms with Crippen molar-refractivity contribution in [3.8, 4) is 51.3 Å². The van der Waals surface area contributed by atoms with E-state index in [1.807, 2.05) is 85.8 Å². The number of rotatable bonds is 8. The van der Waals surface area contributed by atoms with Crippen LogP contribution in [-0.2, 0) is 0 Å². The van der Waals surface area contributed by atoms with Gasteiger partial charge in [0.2, 0.25) is 0 Å². The first kappa shape index (κ1) is 38.5. The number of fused-ring (bicyclic) bond motifs is 10. The van der Waals surface area contributed by atoms with E-state index in [0.717, 1.165) is 93.8 Å². The summed E-state index contributed by atoms with van der Waals surface area (Å²) in [5.74, 6) is 1.54. The fraction of sp³-hybridized carbons (Fsp3) is 0.0169. The molecule has 8 aromatic carbocycles. The number of hydrogen-bond acceptors (Lipinski definition) is 5. The van der Waals surface area contributed by atoms with Crippen LogP contribution < -0.4 is 0 Å². The minimum atomic E-state index is 0.467. The monoisotopic (exact) mass is 846 g/mol. The summed E-state index contributed by atoms with van der Waals surface area (Å²) in [4.78, 5) is 15.0. The van der Waals surface area contributed by atoms with Crippen LogP contribution in [0.4, 0.5) is 0 Å². The zero-order chi connectivity index (χ0) is 44.3. The average molecular weight is 847 g/mol. The van der Waals surface area contributed by atoms with E-state index in [2.05, 4.69) is 137 Å². The third-order valence-electron chi connectivity index (χ3n) is 12.5. The van der Waals surface area contributed by atoms with E-state index in [1.165, 1.54) is 5.39 Å². The Balaban J connectivity index is 1.03. The molecule has 12 rings (SSSR count). The van der Waals surface area contributed by atoms with E-state index < -0.39 is 0 Å². The smallest absolute Gasteiger partial charge is 0.164 e. The summed E-state index contributed by atoms with van der Waals surface area (Å²) in [7, 11) is 0. The first-order chi connectivity index (χ1) is 32.6. The lowest BCUT2D eigenvalue weighted by Crippen LogP contribution is -2.03. The number of para-hydroxylation sites is 3. The molecule has 12 aromatic rings. The van der Waals surface area contributed by atoms with Crippen molar-refractivity contribution in [2.45, 2.75) is 6.92 Å². The highest BCUT2D eigenvalue weighted by Crippen LogP contribution is 2.44. The molecule has 4 aromatic heterocycles. The van der Waals surface area contributed by atoms with Gasteiger partial charge >= 0.3 is 0 Å². The molecule has 0 N–H and O–H groups in total. The van der Waals surface area contributed by atoms with E-state index in [-0.39, 0.29) is 0 Å². The first-order valence-electron chi connectivity index (χ1n) is 21.9. The minimum absolute atomic E-state index is 0.467. The largest absolute Gasteiger partial charge is 0.456 e. The Bertz CT molecular complexity index is 4030. The summed E-state index contributed by atoms with van der Waals surface area (Å²) in [5, 5.41) is 17.5. The highest BCUT2D eigenvalue weighted by Gasteiger charge is 2.23. The zero-order valence-corrected chi connectivity index (χ0v) is 35.9. The molecule has 0 amide bonds. The van der Waals surface area contributed by atoms with Crippen molar-refractivity contribution in [1.29, 1.82) is 5.26 Å². The van der Waals surface area contributed by atoms with Crippen molar-refractivity contribution in [3.05, 3.63) is 218 Å². The van der Waals surface area contributed by atoms with E-state index >= 15 is 0 Å². The standard InChI is InChI=1S/C59H38N6O/c1-3-4-7-17-37(2)57-61-58(40-21-16-20-39(32-40)38-18-8-5-9-19-38)63-59(62-57)41-28-29-48(42(33-41)36-60)65-49-26-14-12-24-44(49)46-34-47-54(35-52(46)65)66-53-31-30-51-55(56(47)53)45-25-13-15-27-50(45)64(51)43-22-10-6-11-23-43/h3-35H,1H2,2H3/b7-4-,37-17+. The molecule has 66 heavy (non-hydrogen) atoms. The normalized spacial score (nSPS) is 12.1. The van der Waals surface area contributed by atoms with Gasteiger partial charge in [0.25, 0.3) is 0 Å². The molecule has 0 atom stereocenters. The van der Waals surface area contributed by atoms with Gasteiger partial charge in [-0.1, -0.05) is 134 Å². The molecule has 0 spiro atoms. The second kappa shape index (κ2) is 15.6. The van der Waals surface area contributed by atoms with E-state index in [9.17, 15) is 5.26 Å². The molecule has 0 bridgehead atoms. The number of allylic oxidation sites excluding steroid dienone is 5. The first-order valence-corrected chi connectivity index (χ1v) is 21.9. The van der Waals surface area contributed by atoms with Crippen LogP contribution >= 0.6 is 0 Å². The average Bonchev–Trinajstić information content (AvgIpc) is 4.02. The quantitative estimate of drug-likeness (QED) is 0.142. The lowest BCUT2D eigenvalue weighted by atomic mass is 10.0. The number of hydrogen-bond donors (Lipinski definition) is 0. The summed E-state index contributed by atoms with van der Waals surface area (Å²) < 4.78 is 11.3. The molecule has 0 fully saturated rings. The van der Waals surface area contributed by atoms with E-state index in [0.29, 0.717) is 28.6 Å². The Morgan fingerprint density at radius 2 is 1.21 bits per heavy atom. The van der Waals surface area contributed by atoms with Crippen LogP contribution in [-0.4, -0.2) is 24.1 Å². The summed E-state index contributed by atoms with van der Waals surface area (Å²) in [6.07, 6.45) is 7.47. The van der Waals surface area contributed by atoms with Crippen LogP contribution in [0.25, 0.3) is 116 Å². The molecule has 4 heterocycles. The van der Waals surface area contributed by atoms with Crippen LogP contribution in [0.1, 0.15) is 18.3 Å². The van der Waals surface area contributed by atoms with Crippen LogP contribution in [0.5, 0.6) is 0 Å². The maximum absolute atomic E-state index is 10.9. The fourth-order valence-electron chi connectivity index (χ4n) is 9.49. The summed E-state index contributed by atoms with van der Waals surface area (Å²) in [5.41, 5.74) is 12.7. The van der Waals surface area contributed by atoms with Gasteiger partial charge in [-0.3, -0.25) is 0 Å². The van der Waals surface area contributed by atoms with Crippen molar-refractivity contribution < 1.29 is 4.42 Å². The Hall–Kier alpha value is -9.12. The SMILES string of the molecule is C=C/C=C\C=C(/C)c1nc(-c2cccc(-c3ccccc3)c2)nc(-c2ccc(-n3c4ccccc4c4cc5c(cc43)oc3ccc4c(c6ccccc6n4-c4ccccc4)c35)c(C#N)c2)n1. The lowest BCUT2D eigenvalue weighted by molar-refractivity contribution is 0.669. The third-order valence-corrected chi connectivity index (χ3v) is 12.5. The number of aromatic nitrogens is 5. The van der Waals surface area contributed by atoms with Crippen LogP contribution in [0.15, 0.2) is 211 Å². The molecule has 0 aliphatic carbocycles. The fourth-order valence-corrected chi connectivity index (χ4v) is 9.49. The topological polar surface area (TPSA) is 85.5 Å². The van der Waals surface area contributed by atoms with Crippen molar-refractivity contribution in [3.63, 3.8) is 0 Å². The van der Waals surface area contributed by atoms with Gasteiger partial charge < -0.3 is 13.6 Å². The van der Waals surface area contributed by atoms with Gasteiger partial charge in [-0.15, -0.1) is 0 Å². The van der Waals surface area contributed by atoms with Crippen molar-refractivity contribution >= 4 is 71.1 Å². The Morgan fingerprint density at radius 3 is 1.98 bits per heavy atom. The molecule has 0 radical (unpaired) electrons. The minimum Gasteiger partial charge on any atom is -0.456 e. The third kappa shape index (κ3) is 6.23. The lowest BCUT2D eigenvalue weighted by Gasteiger charge is -2.13. The van der Waals surface area contributed by atoms with E-state index in [4.69, 9.17) is 19.4 Å². The number of nitriles is 1. The Kier molecular flexibility index (Phi) is 9.11. The predicted molar refractivity (Wildman–Crippen MR) is 270 cm³/mol. The number of nitrogens with zero attached hydrogens (tertiary/aromatic N) is 6. The van der Waals surface area contributed by atoms with Gasteiger partial charge in [0.05, 0.1) is 33.3 Å². The summed E-state index contributed by atoms with van der Waals surface area (Å²) in [6, 6.07) is 63.0. The van der Waals surface area contributed by atoms with Crippen LogP contribution in [0.3, 0.4) is 0 Å². The van der Waals surface area contributed by atoms with Gasteiger partial charge in [0.15, 0.2) is 17.5 Å². The van der Waals surface area contributed by atoms with Gasteiger partial charge in [-0.25, -0.2) is 15.0 Å². The van der Waals surface area contributed by atoms with Crippen molar-refractivity contribution in [2.24, 2.45) is 0 Å². The summed E-state index contributed by atoms with van der Waals surface area (Å²) >= 11 is 0. The molecule has 0 aliphatic heterocycles. The predicted octanol–water partition coefficient (Wildman–Crippen LogP) is 15.0. The molecule has 0 saturated carbocycles. The van der Waals surface area contributed by atoms with Crippen LogP contribution in [0, 0.1) is 11.3 Å². The number of benzene rings is 8. The Labute approximate surface area is 379 Å². The molecule has 0 unspecified atom stereocenters. The van der Waals surface area contributed by atoms with E-state index in [1.54, 1.807) is 6.08 Å². The van der Waals surface area contributed by atoms with Crippen molar-refractivity contribution in [2.75, 3.05) is 0 Å². The molecular weight excluding hydrogens is 809 g/mol. The van der Waals surface area contributed by atoms with Gasteiger partial charge in [-0.2, -0.15) is 5.26 Å². The van der Waals surface area contributed by atoms with Gasteiger partial charge in [0.1, 0.15) is 17.2 Å². The number of furan rings is 1. The highest BCUT2D eigenvalue weighted by atomic mass is 16.3.